The Morgan fingerprint density at radius 3 is 0.667 bits per heavy atom. The van der Waals surface area contributed by atoms with Gasteiger partial charge in [0.2, 0.25) is 0 Å². The van der Waals surface area contributed by atoms with Gasteiger partial charge in [0.15, 0.2) is 12.2 Å². The first kappa shape index (κ1) is 91.1. The Bertz CT molecular complexity index is 1830. The summed E-state index contributed by atoms with van der Waals surface area (Å²) in [5.41, 5.74) is 0. The molecule has 17 nitrogen and oxygen atoms in total. The number of rotatable bonds is 71. The van der Waals surface area contributed by atoms with Crippen molar-refractivity contribution in [1.29, 1.82) is 0 Å². The van der Waals surface area contributed by atoms with E-state index >= 15 is 0 Å². The molecule has 0 aromatic heterocycles. The smallest absolute Gasteiger partial charge is 0.462 e. The van der Waals surface area contributed by atoms with Gasteiger partial charge in [-0.3, -0.25) is 37.3 Å². The molecule has 0 aliphatic heterocycles. The lowest BCUT2D eigenvalue weighted by Crippen LogP contribution is -2.30. The molecule has 0 aromatic rings. The van der Waals surface area contributed by atoms with Crippen molar-refractivity contribution in [2.75, 3.05) is 39.6 Å². The van der Waals surface area contributed by atoms with Gasteiger partial charge in [-0.1, -0.05) is 319 Å². The van der Waals surface area contributed by atoms with Crippen LogP contribution in [0.25, 0.3) is 0 Å². The summed E-state index contributed by atoms with van der Waals surface area (Å²) >= 11 is 0. The molecule has 3 unspecified atom stereocenters. The highest BCUT2D eigenvalue weighted by Gasteiger charge is 2.30. The second-order valence-corrected chi connectivity index (χ2v) is 31.5. The van der Waals surface area contributed by atoms with Crippen molar-refractivity contribution in [1.82, 2.24) is 0 Å². The number of ether oxygens (including phenoxy) is 4. The molecule has 0 heterocycles. The van der Waals surface area contributed by atoms with E-state index in [9.17, 15) is 43.2 Å². The van der Waals surface area contributed by atoms with Crippen LogP contribution in [0.15, 0.2) is 0 Å². The number of carbonyl (C=O) groups is 4. The van der Waals surface area contributed by atoms with E-state index in [2.05, 4.69) is 55.4 Å². The minimum absolute atomic E-state index is 0.104. The van der Waals surface area contributed by atoms with Crippen molar-refractivity contribution in [3.63, 3.8) is 0 Å². The number of hydrogen-bond acceptors (Lipinski definition) is 15. The maximum absolute atomic E-state index is 13.1. The summed E-state index contributed by atoms with van der Waals surface area (Å²) in [4.78, 5) is 72.7. The summed E-state index contributed by atoms with van der Waals surface area (Å²) in [6.45, 7) is 14.1. The van der Waals surface area contributed by atoms with Crippen molar-refractivity contribution >= 4 is 39.5 Å². The van der Waals surface area contributed by atoms with Crippen LogP contribution in [0.4, 0.5) is 0 Å². The van der Waals surface area contributed by atoms with Crippen LogP contribution in [0.3, 0.4) is 0 Å². The number of phosphoric ester groups is 2. The number of aliphatic hydroxyl groups excluding tert-OH is 1. The Kier molecular flexibility index (Phi) is 62.2. The maximum atomic E-state index is 13.1. The van der Waals surface area contributed by atoms with E-state index in [0.717, 1.165) is 114 Å². The predicted octanol–water partition coefficient (Wildman–Crippen LogP) is 21.3. The molecule has 552 valence electrons. The summed E-state index contributed by atoms with van der Waals surface area (Å²) in [6.07, 6.45) is 47.2. The quantitative estimate of drug-likeness (QED) is 0.0222. The van der Waals surface area contributed by atoms with Crippen molar-refractivity contribution in [2.45, 2.75) is 388 Å². The molecular formula is C74H144O17P2. The Balaban J connectivity index is 5.26. The molecule has 0 bridgehead atoms. The van der Waals surface area contributed by atoms with Crippen molar-refractivity contribution in [2.24, 2.45) is 23.7 Å². The SMILES string of the molecule is CC(C)CCCCCCCCCCCCCCCC(=O)O[C@H](COC(=O)CCCCCCCCCCCCCCC(C)C)COP(=O)(O)OCC(O)COP(=O)(O)OC[C@@H](COC(=O)CCCCCCCCCCC(C)C)OC(=O)CCCCCCCCCCC(C)C. The van der Waals surface area contributed by atoms with Crippen LogP contribution in [0, 0.1) is 23.7 Å². The molecular weight excluding hydrogens is 1220 g/mol. The standard InChI is InChI=1S/C74H144O17P2/c1-64(2)50-42-34-26-18-14-10-9-11-17-21-32-40-48-56-73(78)90-69(60-84-71(76)54-46-38-30-20-16-13-12-15-19-27-35-43-51-65(3)4)62-88-92(80,81)86-58-68(75)59-87-93(82,83)89-63-70(91-74(79)57-49-41-33-25-23-29-37-45-53-67(7)8)61-85-72(77)55-47-39-31-24-22-28-36-44-52-66(5)6/h64-70,75H,9-63H2,1-8H3,(H,80,81)(H,82,83)/t68?,69-,70-/m1/s1. The van der Waals surface area contributed by atoms with Crippen molar-refractivity contribution in [3.8, 4) is 0 Å². The van der Waals surface area contributed by atoms with Crippen LogP contribution >= 0.6 is 15.6 Å². The first-order valence-electron chi connectivity index (χ1n) is 38.2. The zero-order chi connectivity index (χ0) is 68.9. The van der Waals surface area contributed by atoms with Gasteiger partial charge < -0.3 is 33.8 Å². The highest BCUT2D eigenvalue weighted by molar-refractivity contribution is 7.47. The molecule has 0 spiro atoms. The van der Waals surface area contributed by atoms with E-state index in [1.807, 2.05) is 0 Å². The number of carbonyl (C=O) groups excluding carboxylic acids is 4. The van der Waals surface area contributed by atoms with Gasteiger partial charge in [-0.25, -0.2) is 9.13 Å². The molecule has 0 rings (SSSR count). The summed E-state index contributed by atoms with van der Waals surface area (Å²) in [5.74, 6) is 0.888. The third kappa shape index (κ3) is 68.4. The first-order chi connectivity index (χ1) is 44.6. The van der Waals surface area contributed by atoms with Crippen LogP contribution in [0.2, 0.25) is 0 Å². The van der Waals surface area contributed by atoms with Gasteiger partial charge in [0.1, 0.15) is 19.3 Å². The van der Waals surface area contributed by atoms with Gasteiger partial charge in [0.05, 0.1) is 26.4 Å². The van der Waals surface area contributed by atoms with Crippen molar-refractivity contribution < 1.29 is 80.2 Å². The maximum Gasteiger partial charge on any atom is 0.472 e. The highest BCUT2D eigenvalue weighted by Crippen LogP contribution is 2.45. The van der Waals surface area contributed by atoms with E-state index in [0.29, 0.717) is 25.7 Å². The molecule has 0 amide bonds. The molecule has 3 N–H and O–H groups in total. The van der Waals surface area contributed by atoms with Gasteiger partial charge in [-0.2, -0.15) is 0 Å². The van der Waals surface area contributed by atoms with Crippen LogP contribution in [-0.2, 0) is 65.4 Å². The van der Waals surface area contributed by atoms with E-state index in [1.165, 1.54) is 173 Å². The summed E-state index contributed by atoms with van der Waals surface area (Å²) < 4.78 is 68.4. The molecule has 0 radical (unpaired) electrons. The minimum atomic E-state index is -4.96. The third-order valence-electron chi connectivity index (χ3n) is 17.1. The van der Waals surface area contributed by atoms with Crippen LogP contribution < -0.4 is 0 Å². The van der Waals surface area contributed by atoms with Gasteiger partial charge in [-0.15, -0.1) is 0 Å². The van der Waals surface area contributed by atoms with Gasteiger partial charge >= 0.3 is 39.5 Å². The van der Waals surface area contributed by atoms with Crippen LogP contribution in [-0.4, -0.2) is 96.7 Å². The topological polar surface area (TPSA) is 237 Å². The normalized spacial score (nSPS) is 14.2. The summed E-state index contributed by atoms with van der Waals surface area (Å²) in [6, 6.07) is 0. The molecule has 0 fully saturated rings. The Labute approximate surface area is 568 Å². The number of hydrogen-bond donors (Lipinski definition) is 3. The number of unbranched alkanes of at least 4 members (excludes halogenated alkanes) is 37. The van der Waals surface area contributed by atoms with Gasteiger partial charge in [-0.05, 0) is 49.4 Å². The van der Waals surface area contributed by atoms with E-state index < -0.39 is 97.5 Å². The average Bonchev–Trinajstić information content (AvgIpc) is 2.22. The second kappa shape index (κ2) is 63.5. The van der Waals surface area contributed by atoms with E-state index in [-0.39, 0.29) is 25.7 Å². The molecule has 5 atom stereocenters. The van der Waals surface area contributed by atoms with E-state index in [4.69, 9.17) is 37.0 Å². The van der Waals surface area contributed by atoms with Crippen LogP contribution in [0.1, 0.15) is 370 Å². The minimum Gasteiger partial charge on any atom is -0.462 e. The van der Waals surface area contributed by atoms with E-state index in [1.54, 1.807) is 0 Å². The number of esters is 4. The Hall–Kier alpha value is -1.94. The third-order valence-corrected chi connectivity index (χ3v) is 19.0. The van der Waals surface area contributed by atoms with Gasteiger partial charge in [0, 0.05) is 25.7 Å². The zero-order valence-electron chi connectivity index (χ0n) is 60.9. The molecule has 0 saturated heterocycles. The summed E-state index contributed by atoms with van der Waals surface area (Å²) in [7, 11) is -9.91. The van der Waals surface area contributed by atoms with Crippen molar-refractivity contribution in [3.05, 3.63) is 0 Å². The molecule has 0 aromatic carbocycles. The fourth-order valence-corrected chi connectivity index (χ4v) is 12.8. The molecule has 0 saturated carbocycles. The Morgan fingerprint density at radius 2 is 0.452 bits per heavy atom. The number of aliphatic hydroxyl groups is 1. The predicted molar refractivity (Wildman–Crippen MR) is 377 cm³/mol. The Morgan fingerprint density at radius 1 is 0.269 bits per heavy atom. The zero-order valence-corrected chi connectivity index (χ0v) is 62.7. The lowest BCUT2D eigenvalue weighted by molar-refractivity contribution is -0.161. The molecule has 0 aliphatic carbocycles. The van der Waals surface area contributed by atoms with Crippen LogP contribution in [0.5, 0.6) is 0 Å². The lowest BCUT2D eigenvalue weighted by Gasteiger charge is -2.21. The largest absolute Gasteiger partial charge is 0.472 e. The fourth-order valence-electron chi connectivity index (χ4n) is 11.2. The monoisotopic (exact) mass is 1370 g/mol. The molecule has 0 aliphatic rings. The average molecular weight is 1370 g/mol. The highest BCUT2D eigenvalue weighted by atomic mass is 31.2. The second-order valence-electron chi connectivity index (χ2n) is 28.6. The summed E-state index contributed by atoms with van der Waals surface area (Å²) in [5, 5.41) is 10.6. The fraction of sp³-hybridized carbons (Fsp3) is 0.946. The van der Waals surface area contributed by atoms with Gasteiger partial charge in [0.25, 0.3) is 0 Å². The molecule has 19 heteroatoms. The lowest BCUT2D eigenvalue weighted by atomic mass is 10.0. The first-order valence-corrected chi connectivity index (χ1v) is 41.2. The molecule has 93 heavy (non-hydrogen) atoms. The number of phosphoric acid groups is 2.